The maximum absolute atomic E-state index is 15.5. The van der Waals surface area contributed by atoms with Gasteiger partial charge in [-0.25, -0.2) is 9.78 Å². The van der Waals surface area contributed by atoms with Crippen LogP contribution in [0.3, 0.4) is 0 Å². The summed E-state index contributed by atoms with van der Waals surface area (Å²) in [6, 6.07) is 5.97. The van der Waals surface area contributed by atoms with Crippen LogP contribution in [0, 0.1) is 37.3 Å². The number of aromatic nitrogens is 2. The van der Waals surface area contributed by atoms with Gasteiger partial charge in [0.2, 0.25) is 0 Å². The second-order valence-corrected chi connectivity index (χ2v) is 16.4. The van der Waals surface area contributed by atoms with Crippen LogP contribution in [-0.2, 0) is 36.7 Å². The number of rotatable bonds is 19. The van der Waals surface area contributed by atoms with Crippen LogP contribution in [0.25, 0.3) is 0 Å². The molecule has 19 nitrogen and oxygen atoms in total. The number of carbonyl (C=O) groups is 4. The summed E-state index contributed by atoms with van der Waals surface area (Å²) in [6.45, 7) is 9.97. The predicted molar refractivity (Wildman–Crippen MR) is 225 cm³/mol. The molecule has 3 aromatic rings. The zero-order valence-corrected chi connectivity index (χ0v) is 35.4. The van der Waals surface area contributed by atoms with Gasteiger partial charge in [-0.1, -0.05) is 76.3 Å². The number of ether oxygens (including phenoxy) is 2. The molecular formula is C42H56N8O11. The van der Waals surface area contributed by atoms with Crippen molar-refractivity contribution in [3.05, 3.63) is 97.7 Å². The number of alkyl carbamates (subject to hydrolysis) is 1. The standard InChI is InChI=1S/C42H56N8O11/c1-7-60-40(53)37(27(2)3)44-25-32(20-28-14-10-8-11-15-28)47(34-19-18-31(49(56)57)23-35(34)50(58)59)39(52)33(22-30-24-43-26-45-30)46-38(51)36(21-29-16-12-9-13-17-29)48(55)41(54)61-42(4,5)6/h9,12-13,16-19,23-28,32-33,36-37,48H,7-8,10-11,14-15,20-22H2,1-6H3,(H,43,45)(H,46,51)/t32-,33-,36-,37-/m0/s1. The maximum Gasteiger partial charge on any atom is 0.515 e. The minimum atomic E-state index is -1.67. The molecule has 4 rings (SSSR count). The van der Waals surface area contributed by atoms with E-state index in [1.54, 1.807) is 71.9 Å². The number of imidazole rings is 1. The Morgan fingerprint density at radius 2 is 1.72 bits per heavy atom. The number of quaternary nitrogens is 1. The lowest BCUT2D eigenvalue weighted by Gasteiger charge is -2.36. The van der Waals surface area contributed by atoms with Gasteiger partial charge in [-0.05, 0) is 57.6 Å². The molecule has 61 heavy (non-hydrogen) atoms. The highest BCUT2D eigenvalue weighted by molar-refractivity contribution is 6.04. The Morgan fingerprint density at radius 3 is 2.30 bits per heavy atom. The zero-order chi connectivity index (χ0) is 44.9. The Morgan fingerprint density at radius 1 is 1.03 bits per heavy atom. The van der Waals surface area contributed by atoms with E-state index in [0.717, 1.165) is 55.2 Å². The molecule has 0 spiro atoms. The van der Waals surface area contributed by atoms with Gasteiger partial charge >= 0.3 is 12.1 Å². The molecule has 1 aliphatic rings. The number of non-ortho nitro benzene ring substituents is 1. The summed E-state index contributed by atoms with van der Waals surface area (Å²) in [5.74, 6) is -2.89. The van der Waals surface area contributed by atoms with Gasteiger partial charge < -0.3 is 25.0 Å². The van der Waals surface area contributed by atoms with Crippen molar-refractivity contribution in [2.24, 2.45) is 16.8 Å². The van der Waals surface area contributed by atoms with E-state index in [0.29, 0.717) is 11.3 Å². The van der Waals surface area contributed by atoms with Crippen molar-refractivity contribution in [3.8, 4) is 0 Å². The molecule has 19 heteroatoms. The molecule has 0 aliphatic heterocycles. The zero-order valence-electron chi connectivity index (χ0n) is 35.4. The predicted octanol–water partition coefficient (Wildman–Crippen LogP) is 5.21. The third kappa shape index (κ3) is 13.7. The lowest BCUT2D eigenvalue weighted by atomic mass is 9.84. The number of hydrogen-bond donors (Lipinski definition) is 3. The number of hydroxylamine groups is 2. The smallest absolute Gasteiger partial charge is 0.515 e. The number of esters is 1. The van der Waals surface area contributed by atoms with Crippen LogP contribution in [0.2, 0.25) is 0 Å². The van der Waals surface area contributed by atoms with Gasteiger partial charge in [-0.3, -0.25) is 44.8 Å². The Balaban J connectivity index is 1.93. The molecule has 3 N–H and O–H groups in total. The summed E-state index contributed by atoms with van der Waals surface area (Å²) < 4.78 is 10.6. The molecule has 1 heterocycles. The van der Waals surface area contributed by atoms with E-state index in [2.05, 4.69) is 20.3 Å². The summed E-state index contributed by atoms with van der Waals surface area (Å²) in [5.41, 5.74) is -1.90. The van der Waals surface area contributed by atoms with E-state index in [1.807, 2.05) is 0 Å². The first-order chi connectivity index (χ1) is 28.9. The number of nitrogens with one attached hydrogen (secondary N) is 3. The molecular weight excluding hydrogens is 793 g/mol. The van der Waals surface area contributed by atoms with Crippen molar-refractivity contribution in [1.82, 2.24) is 15.3 Å². The number of aromatic amines is 1. The highest BCUT2D eigenvalue weighted by Crippen LogP contribution is 2.37. The van der Waals surface area contributed by atoms with Crippen LogP contribution in [0.5, 0.6) is 0 Å². The number of anilines is 1. The average molecular weight is 849 g/mol. The first kappa shape index (κ1) is 47.6. The van der Waals surface area contributed by atoms with Crippen molar-refractivity contribution in [2.75, 3.05) is 11.5 Å². The van der Waals surface area contributed by atoms with E-state index in [1.165, 1.54) is 18.7 Å². The number of nitro benzene ring substituents is 2. The average Bonchev–Trinajstić information content (AvgIpc) is 3.72. The first-order valence-electron chi connectivity index (χ1n) is 20.4. The normalized spacial score (nSPS) is 15.9. The number of nitrogens with zero attached hydrogens (tertiary/aromatic N) is 5. The van der Waals surface area contributed by atoms with Crippen molar-refractivity contribution < 1.29 is 43.6 Å². The van der Waals surface area contributed by atoms with E-state index in [4.69, 9.17) is 9.47 Å². The highest BCUT2D eigenvalue weighted by Gasteiger charge is 2.41. The number of carbonyl (C=O) groups excluding carboxylic acids is 4. The molecule has 0 saturated heterocycles. The van der Waals surface area contributed by atoms with Crippen LogP contribution in [0.4, 0.5) is 21.9 Å². The van der Waals surface area contributed by atoms with Crippen LogP contribution in [0.15, 0.2) is 66.0 Å². The van der Waals surface area contributed by atoms with Crippen LogP contribution >= 0.6 is 0 Å². The third-order valence-corrected chi connectivity index (χ3v) is 10.2. The van der Waals surface area contributed by atoms with Crippen molar-refractivity contribution in [3.63, 3.8) is 0 Å². The Hall–Kier alpha value is -6.08. The fraction of sp³-hybridized carbons (Fsp3) is 0.524. The minimum absolute atomic E-state index is 0.0000455. The summed E-state index contributed by atoms with van der Waals surface area (Å²) >= 11 is 0. The second kappa shape index (κ2) is 22.0. The first-order valence-corrected chi connectivity index (χ1v) is 20.4. The number of nitro groups is 2. The van der Waals surface area contributed by atoms with Crippen LogP contribution in [-0.4, -0.2) is 86.3 Å². The summed E-state index contributed by atoms with van der Waals surface area (Å²) in [6.07, 6.45) is 6.91. The Labute approximate surface area is 354 Å². The Bertz CT molecular complexity index is 2000. The lowest BCUT2D eigenvalue weighted by Crippen LogP contribution is -3.16. The van der Waals surface area contributed by atoms with Gasteiger partial charge in [0.05, 0.1) is 34.9 Å². The molecule has 1 saturated carbocycles. The maximum atomic E-state index is 15.5. The molecule has 1 fully saturated rings. The number of aliphatic imine (C=N–C) groups is 1. The SMILES string of the molecule is CCOC(=O)[C@@H](N=C[C@H](CC1CCCCC1)N(C(=O)[C@H](Cc1cnc[nH]1)NC(=O)[C@H](Cc1ccccc1)[NH+]([O-])C(=O)OC(C)(C)C)c1ccc([N+](=O)[O-])cc1[N+](=O)[O-])C(C)C. The van der Waals surface area contributed by atoms with Gasteiger partial charge in [-0.2, -0.15) is 4.79 Å². The topological polar surface area (TPSA) is 257 Å². The molecule has 2 aromatic carbocycles. The molecule has 1 aliphatic carbocycles. The summed E-state index contributed by atoms with van der Waals surface area (Å²) in [7, 11) is 0. The van der Waals surface area contributed by atoms with Gasteiger partial charge in [0, 0.05) is 37.0 Å². The van der Waals surface area contributed by atoms with Gasteiger partial charge in [0.15, 0.2) is 6.04 Å². The number of amides is 3. The molecule has 0 bridgehead atoms. The van der Waals surface area contributed by atoms with Crippen molar-refractivity contribution in [2.45, 2.75) is 123 Å². The number of benzene rings is 2. The van der Waals surface area contributed by atoms with Gasteiger partial charge in [0.25, 0.3) is 23.2 Å². The van der Waals surface area contributed by atoms with Crippen molar-refractivity contribution in [1.29, 1.82) is 0 Å². The number of H-pyrrole nitrogens is 1. The lowest BCUT2D eigenvalue weighted by molar-refractivity contribution is -0.788. The molecule has 1 aromatic heterocycles. The summed E-state index contributed by atoms with van der Waals surface area (Å²) in [4.78, 5) is 91.8. The van der Waals surface area contributed by atoms with Gasteiger partial charge in [-0.15, -0.1) is 0 Å². The van der Waals surface area contributed by atoms with E-state index < -0.39 is 79.9 Å². The summed E-state index contributed by atoms with van der Waals surface area (Å²) in [5, 5.41) is 39.9. The van der Waals surface area contributed by atoms with Crippen molar-refractivity contribution >= 4 is 47.2 Å². The largest absolute Gasteiger partial charge is 0.623 e. The molecule has 330 valence electrons. The van der Waals surface area contributed by atoms with Crippen LogP contribution in [0.1, 0.15) is 91.3 Å². The highest BCUT2D eigenvalue weighted by atomic mass is 16.6. The molecule has 1 unspecified atom stereocenters. The molecule has 5 atom stereocenters. The van der Waals surface area contributed by atoms with Gasteiger partial charge in [0.1, 0.15) is 23.4 Å². The minimum Gasteiger partial charge on any atom is -0.623 e. The van der Waals surface area contributed by atoms with E-state index >= 15 is 4.79 Å². The quantitative estimate of drug-likeness (QED) is 0.0608. The van der Waals surface area contributed by atoms with E-state index in [-0.39, 0.29) is 43.4 Å². The van der Waals surface area contributed by atoms with E-state index in [9.17, 15) is 39.8 Å². The number of hydrogen-bond acceptors (Lipinski definition) is 13. The fourth-order valence-electron chi connectivity index (χ4n) is 7.24. The van der Waals surface area contributed by atoms with Crippen LogP contribution < -0.4 is 15.3 Å². The third-order valence-electron chi connectivity index (χ3n) is 10.2. The molecule has 0 radical (unpaired) electrons. The second-order valence-electron chi connectivity index (χ2n) is 16.4. The monoisotopic (exact) mass is 848 g/mol. The fourth-order valence-corrected chi connectivity index (χ4v) is 7.24. The Kier molecular flexibility index (Phi) is 17.1. The molecule has 3 amide bonds.